The van der Waals surface area contributed by atoms with Gasteiger partial charge < -0.3 is 43.0 Å². The molecular formula is C61H68O13. The van der Waals surface area contributed by atoms with Crippen LogP contribution in [0.1, 0.15) is 128 Å². The molecule has 6 aromatic carbocycles. The van der Waals surface area contributed by atoms with Gasteiger partial charge in [-0.05, 0) is 233 Å². The van der Waals surface area contributed by atoms with Crippen molar-refractivity contribution in [2.75, 3.05) is 0 Å². The third-order valence-corrected chi connectivity index (χ3v) is 11.0. The summed E-state index contributed by atoms with van der Waals surface area (Å²) in [4.78, 5) is 53.2. The molecule has 0 bridgehead atoms. The van der Waals surface area contributed by atoms with Crippen molar-refractivity contribution in [1.29, 1.82) is 0 Å². The molecule has 0 fully saturated rings. The fraction of sp³-hybridized carbons (Fsp3) is 0.344. The van der Waals surface area contributed by atoms with E-state index in [2.05, 4.69) is 0 Å². The molecule has 0 radical (unpaired) electrons. The molecule has 74 heavy (non-hydrogen) atoms. The summed E-state index contributed by atoms with van der Waals surface area (Å²) in [5, 5.41) is 10.1. The average molecular weight is 1010 g/mol. The van der Waals surface area contributed by atoms with Gasteiger partial charge in [0.1, 0.15) is 51.2 Å². The molecule has 0 saturated heterocycles. The Hall–Kier alpha value is -7.80. The van der Waals surface area contributed by atoms with Crippen LogP contribution in [0, 0.1) is 27.7 Å². The van der Waals surface area contributed by atoms with Crippen LogP contribution in [0.2, 0.25) is 0 Å². The highest BCUT2D eigenvalue weighted by Gasteiger charge is 2.32. The van der Waals surface area contributed by atoms with Gasteiger partial charge in [0.05, 0.1) is 0 Å². The van der Waals surface area contributed by atoms with Gasteiger partial charge in [0, 0.05) is 17.0 Å². The Morgan fingerprint density at radius 3 is 0.986 bits per heavy atom. The molecule has 13 nitrogen and oxygen atoms in total. The molecule has 0 atom stereocenters. The van der Waals surface area contributed by atoms with Gasteiger partial charge in [-0.2, -0.15) is 0 Å². The first-order chi connectivity index (χ1) is 34.3. The highest BCUT2D eigenvalue weighted by molar-refractivity contribution is 5.78. The van der Waals surface area contributed by atoms with Crippen molar-refractivity contribution in [3.05, 3.63) is 148 Å². The predicted octanol–water partition coefficient (Wildman–Crippen LogP) is 16.1. The number of carbonyl (C=O) groups is 4. The smallest absolute Gasteiger partial charge is 0.508 e. The maximum absolute atomic E-state index is 13.9. The van der Waals surface area contributed by atoms with E-state index in [1.807, 2.05) is 113 Å². The molecule has 0 aliphatic rings. The number of phenols is 1. The van der Waals surface area contributed by atoms with E-state index in [-0.39, 0.29) is 17.2 Å². The summed E-state index contributed by atoms with van der Waals surface area (Å²) in [5.41, 5.74) is 5.43. The third-order valence-electron chi connectivity index (χ3n) is 11.0. The van der Waals surface area contributed by atoms with Gasteiger partial charge in [0.2, 0.25) is 0 Å². The first-order valence-electron chi connectivity index (χ1n) is 24.4. The van der Waals surface area contributed by atoms with E-state index in [1.54, 1.807) is 107 Å². The van der Waals surface area contributed by atoms with Crippen molar-refractivity contribution in [3.63, 3.8) is 0 Å². The van der Waals surface area contributed by atoms with Crippen LogP contribution in [0.4, 0.5) is 19.2 Å². The number of aryl methyl sites for hydroxylation is 4. The molecule has 0 heterocycles. The minimum absolute atomic E-state index is 0.131. The summed E-state index contributed by atoms with van der Waals surface area (Å²) in [7, 11) is 0. The summed E-state index contributed by atoms with van der Waals surface area (Å²) in [6.07, 6.45) is -3.54. The molecule has 0 unspecified atom stereocenters. The number of hydrogen-bond acceptors (Lipinski definition) is 13. The topological polar surface area (TPSA) is 162 Å². The first kappa shape index (κ1) is 55.5. The van der Waals surface area contributed by atoms with Crippen molar-refractivity contribution in [1.82, 2.24) is 0 Å². The fourth-order valence-corrected chi connectivity index (χ4v) is 8.01. The van der Waals surface area contributed by atoms with E-state index < -0.39 is 52.9 Å². The molecule has 0 aromatic heterocycles. The number of ether oxygens (including phenoxy) is 8. The van der Waals surface area contributed by atoms with Crippen molar-refractivity contribution in [2.24, 2.45) is 0 Å². The normalized spacial score (nSPS) is 11.9. The summed E-state index contributed by atoms with van der Waals surface area (Å²) >= 11 is 0. The van der Waals surface area contributed by atoms with E-state index >= 15 is 0 Å². The van der Waals surface area contributed by atoms with Gasteiger partial charge in [0.25, 0.3) is 0 Å². The van der Waals surface area contributed by atoms with Gasteiger partial charge in [-0.15, -0.1) is 0 Å². The highest BCUT2D eigenvalue weighted by Crippen LogP contribution is 2.48. The molecule has 0 spiro atoms. The molecular weight excluding hydrogens is 941 g/mol. The summed E-state index contributed by atoms with van der Waals surface area (Å²) in [5.74, 6) is 0.292. The zero-order valence-corrected chi connectivity index (χ0v) is 45.3. The molecule has 0 aliphatic carbocycles. The molecule has 6 rings (SSSR count). The number of carbonyl (C=O) groups excluding carboxylic acids is 4. The average Bonchev–Trinajstić information content (AvgIpc) is 3.25. The van der Waals surface area contributed by atoms with Crippen LogP contribution in [-0.4, -0.2) is 52.1 Å². The fourth-order valence-electron chi connectivity index (χ4n) is 8.01. The van der Waals surface area contributed by atoms with Gasteiger partial charge in [0.15, 0.2) is 0 Å². The Kier molecular flexibility index (Phi) is 16.3. The minimum Gasteiger partial charge on any atom is -0.508 e. The lowest BCUT2D eigenvalue weighted by Gasteiger charge is -2.28. The van der Waals surface area contributed by atoms with Crippen LogP contribution in [0.5, 0.6) is 28.7 Å². The van der Waals surface area contributed by atoms with Crippen molar-refractivity contribution >= 4 is 24.6 Å². The predicted molar refractivity (Wildman–Crippen MR) is 285 cm³/mol. The quantitative estimate of drug-likeness (QED) is 0.0598. The number of hydrogen-bond donors (Lipinski definition) is 1. The van der Waals surface area contributed by atoms with Crippen molar-refractivity contribution < 1.29 is 62.2 Å². The summed E-state index contributed by atoms with van der Waals surface area (Å²) in [6, 6.07) is 33.1. The number of aromatic hydroxyl groups is 1. The van der Waals surface area contributed by atoms with Gasteiger partial charge >= 0.3 is 24.6 Å². The lowest BCUT2D eigenvalue weighted by Crippen LogP contribution is -2.27. The Morgan fingerprint density at radius 1 is 0.365 bits per heavy atom. The van der Waals surface area contributed by atoms with Crippen molar-refractivity contribution in [3.8, 4) is 62.1 Å². The van der Waals surface area contributed by atoms with E-state index in [1.165, 1.54) is 0 Å². The van der Waals surface area contributed by atoms with Crippen LogP contribution in [0.15, 0.2) is 109 Å². The molecule has 13 heteroatoms. The molecule has 0 saturated carbocycles. The second-order valence-corrected chi connectivity index (χ2v) is 22.3. The van der Waals surface area contributed by atoms with Crippen LogP contribution in [0.25, 0.3) is 33.4 Å². The molecule has 1 N–H and O–H groups in total. The number of phenolic OH excluding ortho intramolecular Hbond substituents is 1. The maximum atomic E-state index is 13.9. The standard InChI is InChI=1S/C61H68O13/c1-35-29-42(23-27-49(35)67-54(63)71-58(5,6)7)44-31-37(3)52(69-56(65)73-60(11,12)13)47(33-44)51(41-19-17-39(18-20-41)40-21-25-46(62)26-22-40)48-34-45(32-38(4)53(48)70-57(66)74-61(14,15)16)43-24-28-50(36(2)30-43)68-55(64)72-59(8,9)10/h17-34,51,62H,1-16H3. The second-order valence-electron chi connectivity index (χ2n) is 22.3. The largest absolute Gasteiger partial charge is 0.514 e. The third kappa shape index (κ3) is 15.1. The van der Waals surface area contributed by atoms with Gasteiger partial charge in [-0.1, -0.05) is 48.5 Å². The molecule has 0 amide bonds. The molecule has 0 aliphatic heterocycles. The van der Waals surface area contributed by atoms with Crippen LogP contribution >= 0.6 is 0 Å². The number of rotatable bonds is 10. The van der Waals surface area contributed by atoms with E-state index in [4.69, 9.17) is 37.9 Å². The van der Waals surface area contributed by atoms with Crippen LogP contribution < -0.4 is 18.9 Å². The zero-order chi connectivity index (χ0) is 54.7. The second kappa shape index (κ2) is 21.7. The Balaban J connectivity index is 1.65. The highest BCUT2D eigenvalue weighted by atomic mass is 16.7. The minimum atomic E-state index is -0.935. The first-order valence-corrected chi connectivity index (χ1v) is 24.4. The number of benzene rings is 6. The maximum Gasteiger partial charge on any atom is 0.514 e. The van der Waals surface area contributed by atoms with Gasteiger partial charge in [-0.25, -0.2) is 19.2 Å². The summed E-state index contributed by atoms with van der Waals surface area (Å²) < 4.78 is 46.2. The Morgan fingerprint density at radius 2 is 0.662 bits per heavy atom. The summed E-state index contributed by atoms with van der Waals surface area (Å²) in [6.45, 7) is 28.3. The van der Waals surface area contributed by atoms with Gasteiger partial charge in [-0.3, -0.25) is 0 Å². The Bertz CT molecular complexity index is 2890. The zero-order valence-electron chi connectivity index (χ0n) is 45.3. The van der Waals surface area contributed by atoms with Crippen LogP contribution in [-0.2, 0) is 18.9 Å². The van der Waals surface area contributed by atoms with E-state index in [9.17, 15) is 24.3 Å². The van der Waals surface area contributed by atoms with E-state index in [0.717, 1.165) is 22.3 Å². The lowest BCUT2D eigenvalue weighted by molar-refractivity contribution is 0.0189. The van der Waals surface area contributed by atoms with Crippen LogP contribution in [0.3, 0.4) is 0 Å². The molecule has 6 aromatic rings. The molecule has 390 valence electrons. The Labute approximate surface area is 434 Å². The van der Waals surface area contributed by atoms with Crippen molar-refractivity contribution in [2.45, 2.75) is 139 Å². The SMILES string of the molecule is Cc1cc(-c2cc(C)c(OC(=O)OC(C)(C)C)c(C(c3ccc(-c4ccc(O)cc4)cc3)c3cc(-c4ccc(OC(=O)OC(C)(C)C)c(C)c4)cc(C)c3OC(=O)OC(C)(C)C)c2)ccc1OC(=O)OC(C)(C)C. The van der Waals surface area contributed by atoms with E-state index in [0.29, 0.717) is 61.6 Å². The lowest BCUT2D eigenvalue weighted by atomic mass is 9.80. The monoisotopic (exact) mass is 1010 g/mol.